The van der Waals surface area contributed by atoms with E-state index in [2.05, 4.69) is 11.1 Å². The van der Waals surface area contributed by atoms with Crippen LogP contribution in [-0.2, 0) is 4.79 Å². The van der Waals surface area contributed by atoms with Crippen LogP contribution in [0.2, 0.25) is 0 Å². The van der Waals surface area contributed by atoms with Gasteiger partial charge in [0, 0.05) is 24.0 Å². The maximum Gasteiger partial charge on any atom is 0.247 e. The maximum atomic E-state index is 12.6. The molecule has 98 valence electrons. The number of nitriles is 1. The monoisotopic (exact) mass is 256 g/mol. The van der Waals surface area contributed by atoms with Crippen molar-refractivity contribution in [3.8, 4) is 6.07 Å². The summed E-state index contributed by atoms with van der Waals surface area (Å²) in [5.74, 6) is 0.585. The normalized spacial score (nSPS) is 26.5. The van der Waals surface area contributed by atoms with Crippen molar-refractivity contribution in [2.75, 3.05) is 17.2 Å². The van der Waals surface area contributed by atoms with Crippen molar-refractivity contribution in [1.82, 2.24) is 4.98 Å². The lowest BCUT2D eigenvalue weighted by molar-refractivity contribution is -0.123. The fourth-order valence-electron chi connectivity index (χ4n) is 2.96. The van der Waals surface area contributed by atoms with Crippen molar-refractivity contribution >= 4 is 17.4 Å². The quantitative estimate of drug-likeness (QED) is 0.871. The van der Waals surface area contributed by atoms with Gasteiger partial charge in [0.25, 0.3) is 0 Å². The van der Waals surface area contributed by atoms with E-state index in [4.69, 9.17) is 5.73 Å². The number of hydrogen-bond acceptors (Lipinski definition) is 4. The molecule has 0 radical (unpaired) electrons. The summed E-state index contributed by atoms with van der Waals surface area (Å²) in [4.78, 5) is 18.4. The van der Waals surface area contributed by atoms with Crippen molar-refractivity contribution in [2.24, 2.45) is 11.3 Å². The number of aromatic nitrogens is 1. The number of nitrogens with zero attached hydrogens (tertiary/aromatic N) is 3. The number of carbonyl (C=O) groups is 1. The van der Waals surface area contributed by atoms with E-state index in [0.29, 0.717) is 18.8 Å². The summed E-state index contributed by atoms with van der Waals surface area (Å²) in [6.07, 6.45) is 2.60. The van der Waals surface area contributed by atoms with Crippen LogP contribution >= 0.6 is 0 Å². The summed E-state index contributed by atoms with van der Waals surface area (Å²) in [6.45, 7) is 2.44. The summed E-state index contributed by atoms with van der Waals surface area (Å²) < 4.78 is 0. The number of anilines is 2. The van der Waals surface area contributed by atoms with Crippen LogP contribution in [0.5, 0.6) is 0 Å². The Labute approximate surface area is 112 Å². The van der Waals surface area contributed by atoms with Gasteiger partial charge in [-0.15, -0.1) is 0 Å². The Bertz CT molecular complexity index is 567. The molecular weight excluding hydrogens is 240 g/mol. The van der Waals surface area contributed by atoms with Crippen molar-refractivity contribution < 1.29 is 4.79 Å². The Morgan fingerprint density at radius 1 is 1.53 bits per heavy atom. The third-order valence-corrected chi connectivity index (χ3v) is 4.10. The first-order chi connectivity index (χ1) is 9.06. The zero-order chi connectivity index (χ0) is 13.6. The van der Waals surface area contributed by atoms with Gasteiger partial charge in [-0.1, -0.05) is 0 Å². The molecule has 5 heteroatoms. The molecule has 1 aromatic heterocycles. The lowest BCUT2D eigenvalue weighted by Crippen LogP contribution is -2.35. The highest BCUT2D eigenvalue weighted by Crippen LogP contribution is 2.51. The van der Waals surface area contributed by atoms with Gasteiger partial charge >= 0.3 is 0 Å². The number of nitrogen functional groups attached to an aromatic ring is 1. The fraction of sp³-hybridized carbons (Fsp3) is 0.500. The van der Waals surface area contributed by atoms with E-state index in [1.165, 1.54) is 0 Å². The summed E-state index contributed by atoms with van der Waals surface area (Å²) in [5, 5.41) is 9.44. The number of amides is 1. The SMILES string of the molecule is Cc1cc(N2CC[C@@](C#N)(C3CC3)C2=O)cc(N)n1. The van der Waals surface area contributed by atoms with Crippen LogP contribution in [0.25, 0.3) is 0 Å². The first-order valence-electron chi connectivity index (χ1n) is 6.54. The van der Waals surface area contributed by atoms with Gasteiger partial charge in [-0.3, -0.25) is 4.79 Å². The smallest absolute Gasteiger partial charge is 0.247 e. The van der Waals surface area contributed by atoms with Crippen LogP contribution in [0.1, 0.15) is 25.0 Å². The van der Waals surface area contributed by atoms with Crippen LogP contribution in [0, 0.1) is 29.6 Å². The van der Waals surface area contributed by atoms with E-state index < -0.39 is 5.41 Å². The molecule has 19 heavy (non-hydrogen) atoms. The van der Waals surface area contributed by atoms with Gasteiger partial charge in [0.05, 0.1) is 6.07 Å². The predicted molar refractivity (Wildman–Crippen MR) is 71.1 cm³/mol. The van der Waals surface area contributed by atoms with Gasteiger partial charge in [-0.05, 0) is 38.2 Å². The number of rotatable bonds is 2. The van der Waals surface area contributed by atoms with Crippen LogP contribution in [0.15, 0.2) is 12.1 Å². The number of nitrogens with two attached hydrogens (primary N) is 1. The number of carbonyl (C=O) groups excluding carboxylic acids is 1. The summed E-state index contributed by atoms with van der Waals surface area (Å²) in [6, 6.07) is 5.82. The second kappa shape index (κ2) is 3.95. The maximum absolute atomic E-state index is 12.6. The molecule has 2 heterocycles. The first kappa shape index (κ1) is 12.0. The van der Waals surface area contributed by atoms with Gasteiger partial charge in [-0.25, -0.2) is 4.98 Å². The second-order valence-corrected chi connectivity index (χ2v) is 5.46. The molecule has 1 aromatic rings. The molecule has 1 aliphatic heterocycles. The van der Waals surface area contributed by atoms with Crippen molar-refractivity contribution in [2.45, 2.75) is 26.2 Å². The molecular formula is C14H16N4O. The second-order valence-electron chi connectivity index (χ2n) is 5.46. The van der Waals surface area contributed by atoms with Crippen LogP contribution in [0.4, 0.5) is 11.5 Å². The molecule has 1 atom stereocenters. The molecule has 2 fully saturated rings. The highest BCUT2D eigenvalue weighted by molar-refractivity contribution is 6.02. The Morgan fingerprint density at radius 2 is 2.26 bits per heavy atom. The van der Waals surface area contributed by atoms with Crippen molar-refractivity contribution in [3.05, 3.63) is 17.8 Å². The predicted octanol–water partition coefficient (Wildman–Crippen LogP) is 1.63. The van der Waals surface area contributed by atoms with E-state index in [1.807, 2.05) is 13.0 Å². The fourth-order valence-corrected chi connectivity index (χ4v) is 2.96. The first-order valence-corrected chi connectivity index (χ1v) is 6.54. The van der Waals surface area contributed by atoms with Crippen LogP contribution in [0.3, 0.4) is 0 Å². The van der Waals surface area contributed by atoms with E-state index in [-0.39, 0.29) is 11.8 Å². The van der Waals surface area contributed by atoms with E-state index in [1.54, 1.807) is 11.0 Å². The molecule has 5 nitrogen and oxygen atoms in total. The molecule has 1 amide bonds. The lowest BCUT2D eigenvalue weighted by atomic mass is 9.83. The number of aryl methyl sites for hydroxylation is 1. The number of pyridine rings is 1. The van der Waals surface area contributed by atoms with E-state index >= 15 is 0 Å². The molecule has 3 rings (SSSR count). The zero-order valence-electron chi connectivity index (χ0n) is 10.9. The van der Waals surface area contributed by atoms with Gasteiger partial charge in [0.2, 0.25) is 5.91 Å². The molecule has 1 aliphatic carbocycles. The third-order valence-electron chi connectivity index (χ3n) is 4.10. The van der Waals surface area contributed by atoms with Crippen molar-refractivity contribution in [3.63, 3.8) is 0 Å². The number of hydrogen-bond donors (Lipinski definition) is 1. The van der Waals surface area contributed by atoms with E-state index in [0.717, 1.165) is 24.2 Å². The van der Waals surface area contributed by atoms with Crippen molar-refractivity contribution in [1.29, 1.82) is 5.26 Å². The Kier molecular flexibility index (Phi) is 2.49. The standard InChI is InChI=1S/C14H16N4O/c1-9-6-11(7-12(16)17-9)18-5-4-14(8-15,13(18)19)10-2-3-10/h6-7,10H,2-5H2,1H3,(H2,16,17)/t14-/m1/s1. The topological polar surface area (TPSA) is 83.0 Å². The lowest BCUT2D eigenvalue weighted by Gasteiger charge is -2.21. The minimum Gasteiger partial charge on any atom is -0.384 e. The summed E-state index contributed by atoms with van der Waals surface area (Å²) >= 11 is 0. The molecule has 2 aliphatic rings. The minimum absolute atomic E-state index is 0.0671. The van der Waals surface area contributed by atoms with Gasteiger partial charge in [-0.2, -0.15) is 5.26 Å². The average molecular weight is 256 g/mol. The summed E-state index contributed by atoms with van der Waals surface area (Å²) in [7, 11) is 0. The minimum atomic E-state index is -0.800. The van der Waals surface area contributed by atoms with E-state index in [9.17, 15) is 10.1 Å². The Morgan fingerprint density at radius 3 is 2.84 bits per heavy atom. The molecule has 0 bridgehead atoms. The molecule has 0 aromatic carbocycles. The Balaban J connectivity index is 1.96. The highest BCUT2D eigenvalue weighted by Gasteiger charge is 2.56. The Hall–Kier alpha value is -2.09. The molecule has 1 saturated carbocycles. The zero-order valence-corrected chi connectivity index (χ0v) is 10.9. The van der Waals surface area contributed by atoms with Crippen LogP contribution < -0.4 is 10.6 Å². The molecule has 0 spiro atoms. The summed E-state index contributed by atoms with van der Waals surface area (Å²) in [5.41, 5.74) is 6.47. The van der Waals surface area contributed by atoms with Gasteiger partial charge in [0.1, 0.15) is 11.2 Å². The molecule has 0 unspecified atom stereocenters. The largest absolute Gasteiger partial charge is 0.384 e. The van der Waals surface area contributed by atoms with Crippen LogP contribution in [-0.4, -0.2) is 17.4 Å². The van der Waals surface area contributed by atoms with Gasteiger partial charge in [0.15, 0.2) is 0 Å². The molecule has 2 N–H and O–H groups in total. The molecule has 1 saturated heterocycles. The average Bonchev–Trinajstić information content (AvgIpc) is 3.14. The van der Waals surface area contributed by atoms with Gasteiger partial charge < -0.3 is 10.6 Å². The highest BCUT2D eigenvalue weighted by atomic mass is 16.2. The third kappa shape index (κ3) is 1.75.